The lowest BCUT2D eigenvalue weighted by molar-refractivity contribution is -0.132. The van der Waals surface area contributed by atoms with Crippen LogP contribution in [-0.4, -0.2) is 53.6 Å². The van der Waals surface area contributed by atoms with Crippen molar-refractivity contribution < 1.29 is 9.32 Å². The molecule has 116 valence electrons. The van der Waals surface area contributed by atoms with Gasteiger partial charge in [0.1, 0.15) is 5.76 Å². The van der Waals surface area contributed by atoms with Crippen LogP contribution in [0, 0.1) is 12.8 Å². The number of hydrogen-bond acceptors (Lipinski definition) is 4. The number of hydrogen-bond donors (Lipinski definition) is 0. The molecule has 5 heteroatoms. The van der Waals surface area contributed by atoms with E-state index in [2.05, 4.69) is 10.1 Å². The molecule has 21 heavy (non-hydrogen) atoms. The van der Waals surface area contributed by atoms with Crippen molar-refractivity contribution in [1.29, 1.82) is 0 Å². The Morgan fingerprint density at radius 2 is 2.00 bits per heavy atom. The Bertz CT molecular complexity index is 472. The number of aryl methyl sites for hydroxylation is 1. The molecule has 5 nitrogen and oxygen atoms in total. The maximum absolute atomic E-state index is 12.2. The van der Waals surface area contributed by atoms with Crippen LogP contribution in [0.15, 0.2) is 10.6 Å². The standard InChI is InChI=1S/C16H25N3O2/c1-13-10-15(21-17-13)11-16(20)19-8-6-18(7-9-19)12-14-4-2-3-5-14/h10,14H,2-9,11-12H2,1H3. The molecule has 2 aliphatic rings. The van der Waals surface area contributed by atoms with Crippen molar-refractivity contribution in [3.05, 3.63) is 17.5 Å². The van der Waals surface area contributed by atoms with Gasteiger partial charge in [0.05, 0.1) is 12.1 Å². The van der Waals surface area contributed by atoms with Crippen LogP contribution in [0.25, 0.3) is 0 Å². The number of aromatic nitrogens is 1. The van der Waals surface area contributed by atoms with Crippen LogP contribution in [0.2, 0.25) is 0 Å². The van der Waals surface area contributed by atoms with E-state index in [1.54, 1.807) is 0 Å². The Hall–Kier alpha value is -1.36. The Morgan fingerprint density at radius 1 is 1.29 bits per heavy atom. The molecule has 0 atom stereocenters. The molecule has 0 unspecified atom stereocenters. The summed E-state index contributed by atoms with van der Waals surface area (Å²) >= 11 is 0. The number of nitrogens with zero attached hydrogens (tertiary/aromatic N) is 3. The quantitative estimate of drug-likeness (QED) is 0.849. The van der Waals surface area contributed by atoms with Crippen molar-refractivity contribution in [1.82, 2.24) is 15.0 Å². The average molecular weight is 291 g/mol. The highest BCUT2D eigenvalue weighted by atomic mass is 16.5. The Labute approximate surface area is 126 Å². The lowest BCUT2D eigenvalue weighted by Crippen LogP contribution is -2.50. The largest absolute Gasteiger partial charge is 0.361 e. The Morgan fingerprint density at radius 3 is 2.62 bits per heavy atom. The summed E-state index contributed by atoms with van der Waals surface area (Å²) in [5.74, 6) is 1.72. The number of rotatable bonds is 4. The molecule has 0 bridgehead atoms. The smallest absolute Gasteiger partial charge is 0.230 e. The van der Waals surface area contributed by atoms with Crippen LogP contribution in [0.5, 0.6) is 0 Å². The second kappa shape index (κ2) is 6.60. The van der Waals surface area contributed by atoms with Gasteiger partial charge in [0.15, 0.2) is 0 Å². The van der Waals surface area contributed by atoms with Crippen molar-refractivity contribution >= 4 is 5.91 Å². The zero-order chi connectivity index (χ0) is 14.7. The third-order valence-corrected chi connectivity index (χ3v) is 4.72. The fourth-order valence-electron chi connectivity index (χ4n) is 3.50. The summed E-state index contributed by atoms with van der Waals surface area (Å²) in [4.78, 5) is 16.7. The fraction of sp³-hybridized carbons (Fsp3) is 0.750. The van der Waals surface area contributed by atoms with E-state index in [1.807, 2.05) is 17.9 Å². The minimum atomic E-state index is 0.159. The number of amides is 1. The van der Waals surface area contributed by atoms with Gasteiger partial charge >= 0.3 is 0 Å². The molecule has 1 aromatic heterocycles. The summed E-state index contributed by atoms with van der Waals surface area (Å²) in [6.45, 7) is 6.81. The van der Waals surface area contributed by atoms with Crippen molar-refractivity contribution in [2.75, 3.05) is 32.7 Å². The van der Waals surface area contributed by atoms with E-state index in [9.17, 15) is 4.79 Å². The topological polar surface area (TPSA) is 49.6 Å². The van der Waals surface area contributed by atoms with Gasteiger partial charge in [-0.2, -0.15) is 0 Å². The molecule has 1 amide bonds. The minimum Gasteiger partial charge on any atom is -0.361 e. The molecule has 1 aliphatic carbocycles. The van der Waals surface area contributed by atoms with Gasteiger partial charge in [0.2, 0.25) is 5.91 Å². The summed E-state index contributed by atoms with van der Waals surface area (Å²) in [5.41, 5.74) is 0.833. The van der Waals surface area contributed by atoms with E-state index in [-0.39, 0.29) is 5.91 Å². The van der Waals surface area contributed by atoms with Gasteiger partial charge in [-0.1, -0.05) is 18.0 Å². The van der Waals surface area contributed by atoms with E-state index in [0.717, 1.165) is 37.8 Å². The molecular formula is C16H25N3O2. The van der Waals surface area contributed by atoms with Gasteiger partial charge in [-0.3, -0.25) is 9.69 Å². The molecule has 1 saturated carbocycles. The predicted molar refractivity (Wildman–Crippen MR) is 79.9 cm³/mol. The number of carbonyl (C=O) groups is 1. The molecule has 3 rings (SSSR count). The van der Waals surface area contributed by atoms with Gasteiger partial charge in [-0.15, -0.1) is 0 Å². The fourth-order valence-corrected chi connectivity index (χ4v) is 3.50. The molecule has 2 heterocycles. The van der Waals surface area contributed by atoms with Crippen molar-refractivity contribution in [2.45, 2.75) is 39.0 Å². The van der Waals surface area contributed by atoms with E-state index in [4.69, 9.17) is 4.52 Å². The normalized spacial score (nSPS) is 21.1. The molecule has 0 radical (unpaired) electrons. The second-order valence-electron chi connectivity index (χ2n) is 6.44. The molecule has 0 aromatic carbocycles. The van der Waals surface area contributed by atoms with E-state index >= 15 is 0 Å². The SMILES string of the molecule is Cc1cc(CC(=O)N2CCN(CC3CCCC3)CC2)on1. The summed E-state index contributed by atoms with van der Waals surface area (Å²) in [5, 5.41) is 3.83. The van der Waals surface area contributed by atoms with Crippen LogP contribution >= 0.6 is 0 Å². The second-order valence-corrected chi connectivity index (χ2v) is 6.44. The van der Waals surface area contributed by atoms with Gasteiger partial charge in [0.25, 0.3) is 0 Å². The summed E-state index contributed by atoms with van der Waals surface area (Å²) < 4.78 is 5.13. The maximum Gasteiger partial charge on any atom is 0.230 e. The molecule has 1 aliphatic heterocycles. The van der Waals surface area contributed by atoms with E-state index in [1.165, 1.54) is 32.2 Å². The lowest BCUT2D eigenvalue weighted by Gasteiger charge is -2.35. The first-order valence-corrected chi connectivity index (χ1v) is 8.13. The molecular weight excluding hydrogens is 266 g/mol. The lowest BCUT2D eigenvalue weighted by atomic mass is 10.1. The Kier molecular flexibility index (Phi) is 4.58. The first-order valence-electron chi connectivity index (χ1n) is 8.13. The van der Waals surface area contributed by atoms with Crippen LogP contribution in [0.1, 0.15) is 37.1 Å². The molecule has 1 aromatic rings. The third-order valence-electron chi connectivity index (χ3n) is 4.72. The van der Waals surface area contributed by atoms with Crippen LogP contribution in [0.4, 0.5) is 0 Å². The predicted octanol–water partition coefficient (Wildman–Crippen LogP) is 1.86. The van der Waals surface area contributed by atoms with Crippen molar-refractivity contribution in [2.24, 2.45) is 5.92 Å². The summed E-state index contributed by atoms with van der Waals surface area (Å²) in [6.07, 6.45) is 5.93. The first-order chi connectivity index (χ1) is 10.2. The van der Waals surface area contributed by atoms with Gasteiger partial charge in [-0.05, 0) is 25.7 Å². The van der Waals surface area contributed by atoms with Crippen LogP contribution < -0.4 is 0 Å². The minimum absolute atomic E-state index is 0.159. The monoisotopic (exact) mass is 291 g/mol. The van der Waals surface area contributed by atoms with Gasteiger partial charge in [-0.25, -0.2) is 0 Å². The van der Waals surface area contributed by atoms with E-state index in [0.29, 0.717) is 12.2 Å². The highest BCUT2D eigenvalue weighted by molar-refractivity contribution is 5.78. The van der Waals surface area contributed by atoms with Crippen LogP contribution in [-0.2, 0) is 11.2 Å². The molecule has 0 N–H and O–H groups in total. The van der Waals surface area contributed by atoms with Crippen LogP contribution in [0.3, 0.4) is 0 Å². The summed E-state index contributed by atoms with van der Waals surface area (Å²) in [7, 11) is 0. The zero-order valence-electron chi connectivity index (χ0n) is 12.9. The highest BCUT2D eigenvalue weighted by Crippen LogP contribution is 2.25. The molecule has 2 fully saturated rings. The van der Waals surface area contributed by atoms with Gasteiger partial charge < -0.3 is 9.42 Å². The first kappa shape index (κ1) is 14.6. The Balaban J connectivity index is 1.43. The third kappa shape index (κ3) is 3.84. The zero-order valence-corrected chi connectivity index (χ0v) is 12.9. The highest BCUT2D eigenvalue weighted by Gasteiger charge is 2.24. The molecule has 0 spiro atoms. The van der Waals surface area contributed by atoms with Crippen molar-refractivity contribution in [3.63, 3.8) is 0 Å². The van der Waals surface area contributed by atoms with Crippen molar-refractivity contribution in [3.8, 4) is 0 Å². The summed E-state index contributed by atoms with van der Waals surface area (Å²) in [6, 6.07) is 1.84. The molecule has 1 saturated heterocycles. The number of carbonyl (C=O) groups excluding carboxylic acids is 1. The maximum atomic E-state index is 12.2. The number of piperazine rings is 1. The van der Waals surface area contributed by atoms with Gasteiger partial charge in [0, 0.05) is 38.8 Å². The van der Waals surface area contributed by atoms with E-state index < -0.39 is 0 Å². The average Bonchev–Trinajstić information content (AvgIpc) is 3.12.